The van der Waals surface area contributed by atoms with Crippen molar-refractivity contribution in [2.75, 3.05) is 0 Å². The van der Waals surface area contributed by atoms with Crippen molar-refractivity contribution in [3.63, 3.8) is 0 Å². The van der Waals surface area contributed by atoms with E-state index in [2.05, 4.69) is 110 Å². The second kappa shape index (κ2) is 6.72. The molecule has 24 heavy (non-hydrogen) atoms. The van der Waals surface area contributed by atoms with E-state index >= 15 is 0 Å². The first-order valence-corrected chi connectivity index (χ1v) is 8.34. The van der Waals surface area contributed by atoms with Crippen LogP contribution in [0.2, 0.25) is 0 Å². The number of fused-ring (bicyclic) bond motifs is 1. The molecule has 0 atom stereocenters. The Morgan fingerprint density at radius 3 is 1.71 bits per heavy atom. The molecule has 0 aromatic heterocycles. The van der Waals surface area contributed by atoms with Crippen LogP contribution < -0.4 is 0 Å². The molecule has 0 aliphatic heterocycles. The maximum absolute atomic E-state index is 2.38. The molecule has 4 aromatic carbocycles. The molecule has 0 spiro atoms. The minimum atomic E-state index is 0.248. The molecule has 0 saturated carbocycles. The summed E-state index contributed by atoms with van der Waals surface area (Å²) < 4.78 is 0. The highest BCUT2D eigenvalue weighted by Gasteiger charge is 2.16. The molecule has 0 aliphatic rings. The van der Waals surface area contributed by atoms with Crippen molar-refractivity contribution in [1.82, 2.24) is 0 Å². The maximum atomic E-state index is 2.38. The fraction of sp³-hybridized carbons (Fsp3) is 0.0417. The quantitative estimate of drug-likeness (QED) is 0.419. The van der Waals surface area contributed by atoms with Crippen LogP contribution in [0.15, 0.2) is 103 Å². The Kier molecular flexibility index (Phi) is 4.12. The smallest absolute Gasteiger partial charge is 0.0164 e. The predicted octanol–water partition coefficient (Wildman–Crippen LogP) is 6.22. The first kappa shape index (κ1) is 14.7. The van der Waals surface area contributed by atoms with Gasteiger partial charge in [0.1, 0.15) is 0 Å². The van der Waals surface area contributed by atoms with E-state index in [1.54, 1.807) is 0 Å². The van der Waals surface area contributed by atoms with E-state index in [1.165, 1.54) is 27.5 Å². The summed E-state index contributed by atoms with van der Waals surface area (Å²) in [5, 5.41) is 2.59. The molecule has 0 unspecified atom stereocenters. The van der Waals surface area contributed by atoms with Crippen LogP contribution >= 0.6 is 0 Å². The summed E-state index contributed by atoms with van der Waals surface area (Å²) in [6.45, 7) is 0. The predicted molar refractivity (Wildman–Crippen MR) is 102 cm³/mol. The Labute approximate surface area is 143 Å². The van der Waals surface area contributed by atoms with Crippen LogP contribution in [-0.2, 0) is 0 Å². The Balaban J connectivity index is 1.80. The molecule has 0 bridgehead atoms. The Bertz CT molecular complexity index is 879. The van der Waals surface area contributed by atoms with E-state index in [9.17, 15) is 0 Å². The van der Waals surface area contributed by atoms with E-state index in [4.69, 9.17) is 0 Å². The van der Waals surface area contributed by atoms with Crippen LogP contribution in [0.4, 0.5) is 0 Å². The number of benzene rings is 4. The molecule has 0 fully saturated rings. The summed E-state index contributed by atoms with van der Waals surface area (Å²) in [4.78, 5) is 0. The molecule has 0 amide bonds. The van der Waals surface area contributed by atoms with E-state index in [-0.39, 0.29) is 5.92 Å². The Hall–Kier alpha value is -2.86. The second-order valence-corrected chi connectivity index (χ2v) is 6.03. The number of rotatable bonds is 4. The molecule has 0 aliphatic carbocycles. The van der Waals surface area contributed by atoms with E-state index < -0.39 is 0 Å². The first-order chi connectivity index (χ1) is 11.9. The third kappa shape index (κ3) is 2.96. The van der Waals surface area contributed by atoms with E-state index in [1.807, 2.05) is 0 Å². The molecular weight excluding hydrogens is 288 g/mol. The highest BCUT2D eigenvalue weighted by atomic mass is 14.2. The van der Waals surface area contributed by atoms with Crippen molar-refractivity contribution in [1.29, 1.82) is 0 Å². The second-order valence-electron chi connectivity index (χ2n) is 6.03. The van der Waals surface area contributed by atoms with Crippen molar-refractivity contribution >= 4 is 10.8 Å². The first-order valence-electron chi connectivity index (χ1n) is 8.34. The molecule has 1 radical (unpaired) electrons. The number of hydrogen-bond acceptors (Lipinski definition) is 0. The topological polar surface area (TPSA) is 0 Å². The van der Waals surface area contributed by atoms with Gasteiger partial charge in [-0.1, -0.05) is 103 Å². The largest absolute Gasteiger partial charge is 0.0622 e. The summed E-state index contributed by atoms with van der Waals surface area (Å²) in [6, 6.07) is 36.5. The summed E-state index contributed by atoms with van der Waals surface area (Å²) >= 11 is 0. The third-order valence-electron chi connectivity index (χ3n) is 4.49. The van der Waals surface area contributed by atoms with E-state index in [0.29, 0.717) is 0 Å². The SMILES string of the molecule is [CH](c1cccc2ccccc12)C(c1ccccc1)c1ccccc1. The summed E-state index contributed by atoms with van der Waals surface area (Å²) in [5.74, 6) is 0.248. The summed E-state index contributed by atoms with van der Waals surface area (Å²) in [6.07, 6.45) is 2.38. The Morgan fingerprint density at radius 1 is 0.500 bits per heavy atom. The minimum Gasteiger partial charge on any atom is -0.0622 e. The summed E-state index contributed by atoms with van der Waals surface area (Å²) in [7, 11) is 0. The molecule has 4 aromatic rings. The van der Waals surface area contributed by atoms with Crippen LogP contribution in [0.1, 0.15) is 22.6 Å². The lowest BCUT2D eigenvalue weighted by atomic mass is 9.85. The Morgan fingerprint density at radius 2 is 1.04 bits per heavy atom. The zero-order valence-electron chi connectivity index (χ0n) is 13.5. The van der Waals surface area contributed by atoms with Gasteiger partial charge < -0.3 is 0 Å². The standard InChI is InChI=1S/C24H19/c1-3-10-20(11-4-1)24(21-12-5-2-6-13-21)18-22-16-9-15-19-14-7-8-17-23(19)22/h1-18,24H. The zero-order valence-corrected chi connectivity index (χ0v) is 13.5. The van der Waals surface area contributed by atoms with Gasteiger partial charge in [-0.15, -0.1) is 0 Å². The van der Waals surface area contributed by atoms with Crippen molar-refractivity contribution in [2.24, 2.45) is 0 Å². The van der Waals surface area contributed by atoms with Gasteiger partial charge in [0.05, 0.1) is 0 Å². The van der Waals surface area contributed by atoms with Crippen LogP contribution in [0.25, 0.3) is 10.8 Å². The zero-order chi connectivity index (χ0) is 16.2. The van der Waals surface area contributed by atoms with Gasteiger partial charge in [0, 0.05) is 12.3 Å². The van der Waals surface area contributed by atoms with Gasteiger partial charge in [0.15, 0.2) is 0 Å². The average Bonchev–Trinajstić information content (AvgIpc) is 2.67. The molecule has 0 saturated heterocycles. The van der Waals surface area contributed by atoms with Gasteiger partial charge >= 0.3 is 0 Å². The molecule has 0 heterocycles. The average molecular weight is 307 g/mol. The molecule has 0 heteroatoms. The van der Waals surface area contributed by atoms with Gasteiger partial charge in [-0.25, -0.2) is 0 Å². The van der Waals surface area contributed by atoms with Crippen molar-refractivity contribution in [2.45, 2.75) is 5.92 Å². The van der Waals surface area contributed by atoms with Crippen molar-refractivity contribution in [3.05, 3.63) is 126 Å². The van der Waals surface area contributed by atoms with Crippen molar-refractivity contribution < 1.29 is 0 Å². The van der Waals surface area contributed by atoms with Crippen LogP contribution in [-0.4, -0.2) is 0 Å². The molecular formula is C24H19. The van der Waals surface area contributed by atoms with Gasteiger partial charge in [0.2, 0.25) is 0 Å². The lowest BCUT2D eigenvalue weighted by molar-refractivity contribution is 0.962. The van der Waals surface area contributed by atoms with Gasteiger partial charge in [0.25, 0.3) is 0 Å². The summed E-state index contributed by atoms with van der Waals surface area (Å²) in [5.41, 5.74) is 3.92. The lowest BCUT2D eigenvalue weighted by Gasteiger charge is -2.19. The number of hydrogen-bond donors (Lipinski definition) is 0. The molecule has 0 N–H and O–H groups in total. The minimum absolute atomic E-state index is 0.248. The fourth-order valence-corrected chi connectivity index (χ4v) is 3.28. The normalized spacial score (nSPS) is 11.0. The molecule has 0 nitrogen and oxygen atoms in total. The lowest BCUT2D eigenvalue weighted by Crippen LogP contribution is -2.03. The van der Waals surface area contributed by atoms with Crippen LogP contribution in [0.5, 0.6) is 0 Å². The highest BCUT2D eigenvalue weighted by molar-refractivity contribution is 5.87. The maximum Gasteiger partial charge on any atom is 0.0164 e. The van der Waals surface area contributed by atoms with Gasteiger partial charge in [-0.05, 0) is 27.5 Å². The van der Waals surface area contributed by atoms with Crippen molar-refractivity contribution in [3.8, 4) is 0 Å². The van der Waals surface area contributed by atoms with Gasteiger partial charge in [-0.2, -0.15) is 0 Å². The van der Waals surface area contributed by atoms with Crippen LogP contribution in [0, 0.1) is 6.42 Å². The molecule has 4 rings (SSSR count). The molecule has 115 valence electrons. The van der Waals surface area contributed by atoms with E-state index in [0.717, 1.165) is 0 Å². The van der Waals surface area contributed by atoms with Crippen LogP contribution in [0.3, 0.4) is 0 Å². The highest BCUT2D eigenvalue weighted by Crippen LogP contribution is 2.32. The monoisotopic (exact) mass is 307 g/mol. The fourth-order valence-electron chi connectivity index (χ4n) is 3.28. The third-order valence-corrected chi connectivity index (χ3v) is 4.49. The van der Waals surface area contributed by atoms with Gasteiger partial charge in [-0.3, -0.25) is 0 Å².